The van der Waals surface area contributed by atoms with Crippen molar-refractivity contribution in [3.05, 3.63) is 70.4 Å². The summed E-state index contributed by atoms with van der Waals surface area (Å²) in [6.45, 7) is 4.72. The smallest absolute Gasteiger partial charge is 0.253 e. The number of pyridine rings is 1. The lowest BCUT2D eigenvalue weighted by Gasteiger charge is -2.29. The number of halogens is 2. The number of aryl methyl sites for hydroxylation is 2. The molecule has 1 fully saturated rings. The van der Waals surface area contributed by atoms with Crippen LogP contribution in [-0.4, -0.2) is 26.7 Å². The van der Waals surface area contributed by atoms with Crippen LogP contribution in [0.5, 0.6) is 0 Å². The minimum Gasteiger partial charge on any atom is -0.349 e. The number of nitrogens with zero attached hydrogens (tertiary/aromatic N) is 3. The second kappa shape index (κ2) is 9.18. The second-order valence-corrected chi connectivity index (χ2v) is 8.77. The molecule has 7 heteroatoms. The third kappa shape index (κ3) is 5.13. The molecule has 1 aliphatic rings. The number of nitrogens with one attached hydrogen (secondary N) is 1. The summed E-state index contributed by atoms with van der Waals surface area (Å²) in [6.07, 6.45) is 5.49. The van der Waals surface area contributed by atoms with E-state index in [9.17, 15) is 9.18 Å². The van der Waals surface area contributed by atoms with Crippen LogP contribution in [0.25, 0.3) is 11.3 Å². The number of carbonyl (C=O) groups excluding carboxylic acids is 1. The fraction of sp³-hybridized carbons (Fsp3) is 0.375. The van der Waals surface area contributed by atoms with E-state index in [0.29, 0.717) is 22.2 Å². The second-order valence-electron chi connectivity index (χ2n) is 8.34. The summed E-state index contributed by atoms with van der Waals surface area (Å²) in [5.74, 6) is 0.163. The summed E-state index contributed by atoms with van der Waals surface area (Å²) in [6, 6.07) is 10.3. The molecule has 3 aromatic rings. The van der Waals surface area contributed by atoms with Gasteiger partial charge < -0.3 is 5.32 Å². The van der Waals surface area contributed by atoms with Gasteiger partial charge in [0.25, 0.3) is 5.91 Å². The Morgan fingerprint density at radius 3 is 2.58 bits per heavy atom. The minimum atomic E-state index is -0.245. The summed E-state index contributed by atoms with van der Waals surface area (Å²) in [7, 11) is 0. The van der Waals surface area contributed by atoms with E-state index in [0.717, 1.165) is 49.2 Å². The Kier molecular flexibility index (Phi) is 6.37. The SMILES string of the molecule is Cc1ncc(Cl)cc1C(=O)NC1CCC(Cn2nc(-c3ccc(F)cc3)cc2C)CC1. The third-order valence-corrected chi connectivity index (χ3v) is 6.24. The van der Waals surface area contributed by atoms with Crippen LogP contribution in [0.3, 0.4) is 0 Å². The molecule has 0 unspecified atom stereocenters. The van der Waals surface area contributed by atoms with Gasteiger partial charge in [-0.25, -0.2) is 4.39 Å². The van der Waals surface area contributed by atoms with Crippen molar-refractivity contribution in [3.63, 3.8) is 0 Å². The highest BCUT2D eigenvalue weighted by Crippen LogP contribution is 2.28. The van der Waals surface area contributed by atoms with Gasteiger partial charge in [-0.1, -0.05) is 11.6 Å². The largest absolute Gasteiger partial charge is 0.349 e. The predicted octanol–water partition coefficient (Wildman–Crippen LogP) is 5.34. The summed E-state index contributed by atoms with van der Waals surface area (Å²) in [4.78, 5) is 16.8. The Hall–Kier alpha value is -2.73. The highest BCUT2D eigenvalue weighted by Gasteiger charge is 2.24. The summed E-state index contributed by atoms with van der Waals surface area (Å²) >= 11 is 5.99. The third-order valence-electron chi connectivity index (χ3n) is 6.03. The van der Waals surface area contributed by atoms with E-state index in [1.165, 1.54) is 12.1 Å². The van der Waals surface area contributed by atoms with E-state index < -0.39 is 0 Å². The topological polar surface area (TPSA) is 59.8 Å². The molecule has 2 aromatic heterocycles. The highest BCUT2D eigenvalue weighted by atomic mass is 35.5. The number of aromatic nitrogens is 3. The first-order valence-corrected chi connectivity index (χ1v) is 11.0. The lowest BCUT2D eigenvalue weighted by molar-refractivity contribution is 0.0919. The van der Waals surface area contributed by atoms with Crippen LogP contribution < -0.4 is 5.32 Å². The van der Waals surface area contributed by atoms with E-state index in [4.69, 9.17) is 16.7 Å². The zero-order valence-corrected chi connectivity index (χ0v) is 18.5. The summed E-state index contributed by atoms with van der Waals surface area (Å²) in [5.41, 5.74) is 4.10. The molecule has 0 atom stereocenters. The van der Waals surface area contributed by atoms with Gasteiger partial charge in [-0.15, -0.1) is 0 Å². The Morgan fingerprint density at radius 2 is 1.87 bits per heavy atom. The number of hydrogen-bond acceptors (Lipinski definition) is 3. The van der Waals surface area contributed by atoms with Gasteiger partial charge in [0, 0.05) is 30.0 Å². The van der Waals surface area contributed by atoms with Gasteiger partial charge in [0.05, 0.1) is 22.0 Å². The average molecular weight is 441 g/mol. The molecule has 31 heavy (non-hydrogen) atoms. The Bertz CT molecular complexity index is 1070. The van der Waals surface area contributed by atoms with Crippen LogP contribution in [0, 0.1) is 25.6 Å². The molecule has 0 spiro atoms. The van der Waals surface area contributed by atoms with Crippen molar-refractivity contribution in [2.45, 2.75) is 52.1 Å². The summed E-state index contributed by atoms with van der Waals surface area (Å²) < 4.78 is 15.2. The molecule has 0 bridgehead atoms. The van der Waals surface area contributed by atoms with Gasteiger partial charge in [0.1, 0.15) is 5.82 Å². The van der Waals surface area contributed by atoms with Crippen molar-refractivity contribution in [2.75, 3.05) is 0 Å². The number of carbonyl (C=O) groups is 1. The molecule has 0 aliphatic heterocycles. The van der Waals surface area contributed by atoms with Crippen molar-refractivity contribution in [2.24, 2.45) is 5.92 Å². The van der Waals surface area contributed by atoms with E-state index in [-0.39, 0.29) is 17.8 Å². The maximum absolute atomic E-state index is 13.2. The molecule has 1 saturated carbocycles. The van der Waals surface area contributed by atoms with Crippen LogP contribution in [0.2, 0.25) is 5.02 Å². The minimum absolute atomic E-state index is 0.109. The molecule has 0 saturated heterocycles. The Balaban J connectivity index is 1.33. The molecule has 4 rings (SSSR count). The average Bonchev–Trinajstić information content (AvgIpc) is 3.12. The maximum atomic E-state index is 13.2. The Morgan fingerprint density at radius 1 is 1.16 bits per heavy atom. The quantitative estimate of drug-likeness (QED) is 0.582. The number of benzene rings is 1. The molecule has 1 aromatic carbocycles. The number of amides is 1. The molecular weight excluding hydrogens is 415 g/mol. The standard InChI is InChI=1S/C24H26ClFN4O/c1-15-11-23(18-5-7-20(26)8-6-18)29-30(15)14-17-3-9-21(10-4-17)28-24(31)22-12-19(25)13-27-16(22)2/h5-8,11-13,17,21H,3-4,9-10,14H2,1-2H3,(H,28,31). The van der Waals surface area contributed by atoms with Crippen molar-refractivity contribution >= 4 is 17.5 Å². The number of hydrogen-bond donors (Lipinski definition) is 1. The molecular formula is C24H26ClFN4O. The van der Waals surface area contributed by atoms with Crippen molar-refractivity contribution < 1.29 is 9.18 Å². The van der Waals surface area contributed by atoms with E-state index in [1.807, 2.05) is 24.6 Å². The fourth-order valence-corrected chi connectivity index (χ4v) is 4.35. The zero-order valence-electron chi connectivity index (χ0n) is 17.7. The molecule has 1 amide bonds. The van der Waals surface area contributed by atoms with E-state index >= 15 is 0 Å². The van der Waals surface area contributed by atoms with Gasteiger partial charge in [-0.05, 0) is 81.8 Å². The van der Waals surface area contributed by atoms with Gasteiger partial charge in [0.2, 0.25) is 0 Å². The van der Waals surface area contributed by atoms with Gasteiger partial charge in [-0.2, -0.15) is 5.10 Å². The molecule has 1 aliphatic carbocycles. The van der Waals surface area contributed by atoms with Crippen LogP contribution in [0.1, 0.15) is 47.4 Å². The molecule has 162 valence electrons. The van der Waals surface area contributed by atoms with Crippen molar-refractivity contribution in [1.29, 1.82) is 0 Å². The van der Waals surface area contributed by atoms with Gasteiger partial charge >= 0.3 is 0 Å². The van der Waals surface area contributed by atoms with Crippen LogP contribution in [-0.2, 0) is 6.54 Å². The lowest BCUT2D eigenvalue weighted by Crippen LogP contribution is -2.38. The lowest BCUT2D eigenvalue weighted by atomic mass is 9.86. The van der Waals surface area contributed by atoms with E-state index in [2.05, 4.69) is 10.3 Å². The number of rotatable bonds is 5. The monoisotopic (exact) mass is 440 g/mol. The molecule has 1 N–H and O–H groups in total. The molecule has 0 radical (unpaired) electrons. The molecule has 2 heterocycles. The normalized spacial score (nSPS) is 18.7. The predicted molar refractivity (Wildman–Crippen MR) is 120 cm³/mol. The summed E-state index contributed by atoms with van der Waals surface area (Å²) in [5, 5.41) is 8.34. The van der Waals surface area contributed by atoms with E-state index in [1.54, 1.807) is 24.4 Å². The van der Waals surface area contributed by atoms with Crippen molar-refractivity contribution in [1.82, 2.24) is 20.1 Å². The fourth-order valence-electron chi connectivity index (χ4n) is 4.19. The Labute approximate surface area is 186 Å². The first-order valence-electron chi connectivity index (χ1n) is 10.6. The van der Waals surface area contributed by atoms with Gasteiger partial charge in [-0.3, -0.25) is 14.5 Å². The zero-order chi connectivity index (χ0) is 22.0. The molecule has 5 nitrogen and oxygen atoms in total. The first-order chi connectivity index (χ1) is 14.9. The van der Waals surface area contributed by atoms with Gasteiger partial charge in [0.15, 0.2) is 0 Å². The highest BCUT2D eigenvalue weighted by molar-refractivity contribution is 6.30. The van der Waals surface area contributed by atoms with Crippen molar-refractivity contribution in [3.8, 4) is 11.3 Å². The maximum Gasteiger partial charge on any atom is 0.253 e. The van der Waals surface area contributed by atoms with Crippen LogP contribution >= 0.6 is 11.6 Å². The van der Waals surface area contributed by atoms with Crippen LogP contribution in [0.4, 0.5) is 4.39 Å². The first kappa shape index (κ1) is 21.5. The van der Waals surface area contributed by atoms with Crippen LogP contribution in [0.15, 0.2) is 42.6 Å².